The van der Waals surface area contributed by atoms with E-state index in [4.69, 9.17) is 10.8 Å². The fourth-order valence-electron chi connectivity index (χ4n) is 3.62. The van der Waals surface area contributed by atoms with E-state index in [1.54, 1.807) is 0 Å². The van der Waals surface area contributed by atoms with E-state index >= 15 is 0 Å². The first-order chi connectivity index (χ1) is 12.7. The van der Waals surface area contributed by atoms with Crippen molar-refractivity contribution in [2.75, 3.05) is 6.61 Å². The molecule has 0 radical (unpaired) electrons. The van der Waals surface area contributed by atoms with Gasteiger partial charge in [-0.25, -0.2) is 0 Å². The first-order valence-electron chi connectivity index (χ1n) is 11.6. The molecular weight excluding hydrogens is 322 g/mol. The lowest BCUT2D eigenvalue weighted by Crippen LogP contribution is -2.26. The summed E-state index contributed by atoms with van der Waals surface area (Å²) in [6.07, 6.45) is 25.3. The topological polar surface area (TPSA) is 63.3 Å². The van der Waals surface area contributed by atoms with Crippen molar-refractivity contribution in [3.05, 3.63) is 0 Å². The van der Waals surface area contributed by atoms with Crippen LogP contribution in [0.25, 0.3) is 0 Å². The highest BCUT2D eigenvalue weighted by Gasteiger charge is 2.12. The third-order valence-corrected chi connectivity index (χ3v) is 5.53. The minimum atomic E-state index is -0.362. The number of primary amides is 1. The summed E-state index contributed by atoms with van der Waals surface area (Å²) in [4.78, 5) is 11.0. The monoisotopic (exact) mass is 369 g/mol. The van der Waals surface area contributed by atoms with Gasteiger partial charge in [0.1, 0.15) is 0 Å². The van der Waals surface area contributed by atoms with E-state index < -0.39 is 0 Å². The van der Waals surface area contributed by atoms with Crippen molar-refractivity contribution in [2.24, 2.45) is 11.7 Å². The number of nitrogens with two attached hydrogens (primary N) is 1. The summed E-state index contributed by atoms with van der Waals surface area (Å²) in [6.45, 7) is 2.18. The van der Waals surface area contributed by atoms with Gasteiger partial charge < -0.3 is 10.8 Å². The Labute approximate surface area is 163 Å². The Kier molecular flexibility index (Phi) is 20.3. The first kappa shape index (κ1) is 25.4. The van der Waals surface area contributed by atoms with Gasteiger partial charge in [-0.2, -0.15) is 0 Å². The number of aliphatic hydroxyl groups excluding tert-OH is 1. The molecule has 1 atom stereocenters. The Bertz CT molecular complexity index is 294. The largest absolute Gasteiger partial charge is 0.396 e. The van der Waals surface area contributed by atoms with E-state index in [1.807, 2.05) is 0 Å². The molecule has 26 heavy (non-hydrogen) atoms. The number of hydrogen-bond acceptors (Lipinski definition) is 2. The molecule has 0 aromatic heterocycles. The highest BCUT2D eigenvalue weighted by molar-refractivity contribution is 5.76. The molecular formula is C23H47NO2. The summed E-state index contributed by atoms with van der Waals surface area (Å²) >= 11 is 0. The second-order valence-corrected chi connectivity index (χ2v) is 8.08. The molecule has 0 bridgehead atoms. The molecule has 0 aliphatic heterocycles. The molecule has 3 nitrogen and oxygen atoms in total. The van der Waals surface area contributed by atoms with Gasteiger partial charge in [0.15, 0.2) is 0 Å². The second kappa shape index (κ2) is 20.7. The molecule has 0 heterocycles. The Hall–Kier alpha value is -0.570. The van der Waals surface area contributed by atoms with Crippen LogP contribution in [0, 0.1) is 5.92 Å². The van der Waals surface area contributed by atoms with Crippen LogP contribution in [0.15, 0.2) is 0 Å². The highest BCUT2D eigenvalue weighted by atomic mass is 16.3. The quantitative estimate of drug-likeness (QED) is 0.226. The lowest BCUT2D eigenvalue weighted by Gasteiger charge is -2.09. The van der Waals surface area contributed by atoms with Gasteiger partial charge in [-0.3, -0.25) is 4.79 Å². The smallest absolute Gasteiger partial charge is 0.222 e. The Morgan fingerprint density at radius 2 is 0.962 bits per heavy atom. The van der Waals surface area contributed by atoms with Crippen LogP contribution in [0.4, 0.5) is 0 Å². The number of rotatable bonds is 21. The predicted molar refractivity (Wildman–Crippen MR) is 113 cm³/mol. The number of carbonyl (C=O) groups excluding carboxylic acids is 1. The molecule has 1 unspecified atom stereocenters. The molecule has 0 aliphatic rings. The third-order valence-electron chi connectivity index (χ3n) is 5.53. The van der Waals surface area contributed by atoms with Crippen molar-refractivity contribution < 1.29 is 9.90 Å². The molecule has 0 spiro atoms. The summed E-state index contributed by atoms with van der Waals surface area (Å²) in [7, 11) is 0. The van der Waals surface area contributed by atoms with Crippen LogP contribution in [-0.4, -0.2) is 17.6 Å². The predicted octanol–water partition coefficient (Wildman–Crippen LogP) is 6.51. The first-order valence-corrected chi connectivity index (χ1v) is 11.6. The van der Waals surface area contributed by atoms with Crippen LogP contribution in [0.5, 0.6) is 0 Å². The van der Waals surface area contributed by atoms with E-state index in [-0.39, 0.29) is 18.4 Å². The molecule has 0 saturated heterocycles. The van der Waals surface area contributed by atoms with Crippen LogP contribution < -0.4 is 5.73 Å². The van der Waals surface area contributed by atoms with E-state index in [1.165, 1.54) is 103 Å². The lowest BCUT2D eigenvalue weighted by molar-refractivity contribution is -0.123. The fourth-order valence-corrected chi connectivity index (χ4v) is 3.62. The summed E-state index contributed by atoms with van der Waals surface area (Å²) in [5, 5.41) is 9.04. The maximum atomic E-state index is 11.0. The van der Waals surface area contributed by atoms with E-state index in [9.17, 15) is 4.79 Å². The molecule has 0 rings (SSSR count). The number of aliphatic hydroxyl groups is 1. The molecule has 0 aromatic rings. The van der Waals surface area contributed by atoms with E-state index in [0.717, 1.165) is 19.3 Å². The minimum absolute atomic E-state index is 0.103. The number of unbranched alkanes of at least 4 members (excludes halogenated alkanes) is 17. The normalized spacial score (nSPS) is 12.4. The maximum absolute atomic E-state index is 11.0. The van der Waals surface area contributed by atoms with Crippen LogP contribution in [0.2, 0.25) is 0 Å². The second-order valence-electron chi connectivity index (χ2n) is 8.08. The minimum Gasteiger partial charge on any atom is -0.396 e. The van der Waals surface area contributed by atoms with Crippen molar-refractivity contribution in [3.8, 4) is 0 Å². The average molecular weight is 370 g/mol. The van der Waals surface area contributed by atoms with Crippen LogP contribution in [0.1, 0.15) is 129 Å². The number of amides is 1. The van der Waals surface area contributed by atoms with Gasteiger partial charge in [0, 0.05) is 0 Å². The SMILES string of the molecule is CCCCCCCCCCCCCCCCCCCCC(CO)C(N)=O. The third kappa shape index (κ3) is 18.2. The van der Waals surface area contributed by atoms with Gasteiger partial charge in [-0.1, -0.05) is 122 Å². The lowest BCUT2D eigenvalue weighted by atomic mass is 10.00. The standard InChI is InChI=1S/C23H47NO2/c1-2-3-4-5-6-7-8-9-10-11-12-13-14-15-16-17-18-19-20-22(21-25)23(24)26/h22,25H,2-21H2,1H3,(H2,24,26). The van der Waals surface area contributed by atoms with E-state index in [0.29, 0.717) is 0 Å². The Morgan fingerprint density at radius 3 is 1.23 bits per heavy atom. The van der Waals surface area contributed by atoms with Crippen LogP contribution >= 0.6 is 0 Å². The Morgan fingerprint density at radius 1 is 0.654 bits per heavy atom. The van der Waals surface area contributed by atoms with Gasteiger partial charge >= 0.3 is 0 Å². The van der Waals surface area contributed by atoms with Crippen molar-refractivity contribution in [1.29, 1.82) is 0 Å². The molecule has 0 saturated carbocycles. The summed E-state index contributed by atoms with van der Waals surface area (Å²) in [5.41, 5.74) is 5.22. The van der Waals surface area contributed by atoms with Crippen LogP contribution in [-0.2, 0) is 4.79 Å². The molecule has 0 aliphatic carbocycles. The average Bonchev–Trinajstić information content (AvgIpc) is 2.63. The number of hydrogen-bond donors (Lipinski definition) is 2. The van der Waals surface area contributed by atoms with Gasteiger partial charge in [0.25, 0.3) is 0 Å². The summed E-state index contributed by atoms with van der Waals surface area (Å²) in [6, 6.07) is 0. The van der Waals surface area contributed by atoms with Crippen molar-refractivity contribution in [1.82, 2.24) is 0 Å². The zero-order valence-electron chi connectivity index (χ0n) is 17.7. The molecule has 3 heteroatoms. The zero-order valence-corrected chi connectivity index (χ0v) is 17.7. The summed E-state index contributed by atoms with van der Waals surface area (Å²) < 4.78 is 0. The molecule has 0 fully saturated rings. The Balaban J connectivity index is 3.10. The molecule has 0 aromatic carbocycles. The molecule has 156 valence electrons. The van der Waals surface area contributed by atoms with Crippen LogP contribution in [0.3, 0.4) is 0 Å². The van der Waals surface area contributed by atoms with E-state index in [2.05, 4.69) is 6.92 Å². The number of carbonyl (C=O) groups is 1. The van der Waals surface area contributed by atoms with Crippen molar-refractivity contribution in [2.45, 2.75) is 129 Å². The van der Waals surface area contributed by atoms with Gasteiger partial charge in [0.2, 0.25) is 5.91 Å². The highest BCUT2D eigenvalue weighted by Crippen LogP contribution is 2.15. The van der Waals surface area contributed by atoms with Crippen molar-refractivity contribution >= 4 is 5.91 Å². The maximum Gasteiger partial charge on any atom is 0.222 e. The molecule has 3 N–H and O–H groups in total. The zero-order chi connectivity index (χ0) is 19.3. The fraction of sp³-hybridized carbons (Fsp3) is 0.957. The van der Waals surface area contributed by atoms with Gasteiger partial charge in [-0.15, -0.1) is 0 Å². The molecule has 1 amide bonds. The summed E-state index contributed by atoms with van der Waals surface area (Å²) in [5.74, 6) is -0.699. The van der Waals surface area contributed by atoms with Gasteiger partial charge in [-0.05, 0) is 6.42 Å². The van der Waals surface area contributed by atoms with Crippen molar-refractivity contribution in [3.63, 3.8) is 0 Å². The van der Waals surface area contributed by atoms with Gasteiger partial charge in [0.05, 0.1) is 12.5 Å².